The molecule has 0 amide bonds. The van der Waals surface area contributed by atoms with Crippen LogP contribution < -0.4 is 10.5 Å². The first kappa shape index (κ1) is 13.4. The Hall–Kier alpha value is -1.02. The summed E-state index contributed by atoms with van der Waals surface area (Å²) in [5.74, 6) is 1.59. The summed E-state index contributed by atoms with van der Waals surface area (Å²) in [5.41, 5.74) is 7.99. The Labute approximate surface area is 111 Å². The SMILES string of the molecule is CCC1CCCCC1(N)Cc1cccc(OC)c1. The van der Waals surface area contributed by atoms with Crippen molar-refractivity contribution in [3.63, 3.8) is 0 Å². The van der Waals surface area contributed by atoms with Crippen LogP contribution in [0, 0.1) is 5.92 Å². The van der Waals surface area contributed by atoms with Gasteiger partial charge in [-0.25, -0.2) is 0 Å². The molecular weight excluding hydrogens is 222 g/mol. The molecule has 100 valence electrons. The highest BCUT2D eigenvalue weighted by molar-refractivity contribution is 5.30. The number of hydrogen-bond donors (Lipinski definition) is 1. The third-order valence-corrected chi connectivity index (χ3v) is 4.42. The Morgan fingerprint density at radius 1 is 1.39 bits per heavy atom. The topological polar surface area (TPSA) is 35.2 Å². The highest BCUT2D eigenvalue weighted by atomic mass is 16.5. The van der Waals surface area contributed by atoms with Gasteiger partial charge in [0.15, 0.2) is 0 Å². The number of hydrogen-bond acceptors (Lipinski definition) is 2. The van der Waals surface area contributed by atoms with Gasteiger partial charge in [0.05, 0.1) is 7.11 Å². The van der Waals surface area contributed by atoms with Gasteiger partial charge in [-0.2, -0.15) is 0 Å². The van der Waals surface area contributed by atoms with Crippen LogP contribution in [0.1, 0.15) is 44.6 Å². The molecule has 1 aromatic carbocycles. The largest absolute Gasteiger partial charge is 0.497 e. The van der Waals surface area contributed by atoms with E-state index in [1.54, 1.807) is 7.11 Å². The number of ether oxygens (including phenoxy) is 1. The van der Waals surface area contributed by atoms with Crippen molar-refractivity contribution in [1.29, 1.82) is 0 Å². The first-order valence-electron chi connectivity index (χ1n) is 7.10. The third-order valence-electron chi connectivity index (χ3n) is 4.42. The first-order chi connectivity index (χ1) is 8.68. The van der Waals surface area contributed by atoms with E-state index >= 15 is 0 Å². The van der Waals surface area contributed by atoms with Gasteiger partial charge >= 0.3 is 0 Å². The van der Waals surface area contributed by atoms with Gasteiger partial charge in [0, 0.05) is 5.54 Å². The van der Waals surface area contributed by atoms with Crippen LogP contribution in [0.25, 0.3) is 0 Å². The molecule has 2 heteroatoms. The van der Waals surface area contributed by atoms with Crippen LogP contribution in [-0.2, 0) is 6.42 Å². The fraction of sp³-hybridized carbons (Fsp3) is 0.625. The molecule has 0 heterocycles. The molecule has 1 aliphatic rings. The maximum atomic E-state index is 6.70. The van der Waals surface area contributed by atoms with E-state index in [2.05, 4.69) is 25.1 Å². The Morgan fingerprint density at radius 3 is 2.94 bits per heavy atom. The van der Waals surface area contributed by atoms with Crippen LogP contribution in [-0.4, -0.2) is 12.6 Å². The number of rotatable bonds is 4. The average Bonchev–Trinajstić information content (AvgIpc) is 2.39. The van der Waals surface area contributed by atoms with E-state index in [1.165, 1.54) is 31.2 Å². The molecule has 18 heavy (non-hydrogen) atoms. The van der Waals surface area contributed by atoms with Crippen LogP contribution in [0.2, 0.25) is 0 Å². The molecule has 2 nitrogen and oxygen atoms in total. The van der Waals surface area contributed by atoms with Crippen molar-refractivity contribution in [2.45, 2.75) is 51.0 Å². The highest BCUT2D eigenvalue weighted by Gasteiger charge is 2.35. The Bertz CT molecular complexity index is 390. The van der Waals surface area contributed by atoms with E-state index in [-0.39, 0.29) is 5.54 Å². The van der Waals surface area contributed by atoms with Gasteiger partial charge in [0.2, 0.25) is 0 Å². The molecule has 2 rings (SSSR count). The first-order valence-corrected chi connectivity index (χ1v) is 7.10. The van der Waals surface area contributed by atoms with Crippen LogP contribution in [0.5, 0.6) is 5.75 Å². The van der Waals surface area contributed by atoms with Gasteiger partial charge in [0.25, 0.3) is 0 Å². The van der Waals surface area contributed by atoms with E-state index in [9.17, 15) is 0 Å². The van der Waals surface area contributed by atoms with Crippen molar-refractivity contribution < 1.29 is 4.74 Å². The van der Waals surface area contributed by atoms with Gasteiger partial charge in [0.1, 0.15) is 5.75 Å². The fourth-order valence-corrected chi connectivity index (χ4v) is 3.34. The van der Waals surface area contributed by atoms with E-state index in [0.29, 0.717) is 5.92 Å². The Morgan fingerprint density at radius 2 is 2.22 bits per heavy atom. The van der Waals surface area contributed by atoms with Crippen LogP contribution in [0.4, 0.5) is 0 Å². The molecule has 2 atom stereocenters. The minimum absolute atomic E-state index is 0.0145. The number of benzene rings is 1. The van der Waals surface area contributed by atoms with Crippen molar-refractivity contribution in [3.8, 4) is 5.75 Å². The summed E-state index contributed by atoms with van der Waals surface area (Å²) < 4.78 is 5.29. The second-order valence-corrected chi connectivity index (χ2v) is 5.61. The van der Waals surface area contributed by atoms with Gasteiger partial charge in [-0.05, 0) is 42.9 Å². The quantitative estimate of drug-likeness (QED) is 0.883. The standard InChI is InChI=1S/C16H25NO/c1-3-14-8-4-5-10-16(14,17)12-13-7-6-9-15(11-13)18-2/h6-7,9,11,14H,3-5,8,10,12,17H2,1-2H3. The average molecular weight is 247 g/mol. The van der Waals surface area contributed by atoms with Crippen LogP contribution in [0.3, 0.4) is 0 Å². The van der Waals surface area contributed by atoms with E-state index in [1.807, 2.05) is 6.07 Å². The molecule has 0 saturated heterocycles. The summed E-state index contributed by atoms with van der Waals surface area (Å²) in [7, 11) is 1.72. The summed E-state index contributed by atoms with van der Waals surface area (Å²) in [6.45, 7) is 2.27. The zero-order valence-electron chi connectivity index (χ0n) is 11.6. The van der Waals surface area contributed by atoms with Gasteiger partial charge < -0.3 is 10.5 Å². The molecule has 2 N–H and O–H groups in total. The predicted molar refractivity (Wildman–Crippen MR) is 75.9 cm³/mol. The van der Waals surface area contributed by atoms with Crippen LogP contribution in [0.15, 0.2) is 24.3 Å². The smallest absolute Gasteiger partial charge is 0.119 e. The van der Waals surface area contributed by atoms with Crippen molar-refractivity contribution in [1.82, 2.24) is 0 Å². The fourth-order valence-electron chi connectivity index (χ4n) is 3.34. The molecule has 0 bridgehead atoms. The normalized spacial score (nSPS) is 28.1. The summed E-state index contributed by atoms with van der Waals surface area (Å²) in [4.78, 5) is 0. The van der Waals surface area contributed by atoms with Crippen molar-refractivity contribution >= 4 is 0 Å². The lowest BCUT2D eigenvalue weighted by Crippen LogP contribution is -2.50. The number of nitrogens with two attached hydrogens (primary N) is 1. The van der Waals surface area contributed by atoms with Crippen molar-refractivity contribution in [2.75, 3.05) is 7.11 Å². The summed E-state index contributed by atoms with van der Waals surface area (Å²) in [6.07, 6.45) is 7.23. The lowest BCUT2D eigenvalue weighted by molar-refractivity contribution is 0.182. The zero-order valence-corrected chi connectivity index (χ0v) is 11.6. The molecule has 1 aliphatic carbocycles. The van der Waals surface area contributed by atoms with E-state index in [0.717, 1.165) is 18.6 Å². The third kappa shape index (κ3) is 2.86. The molecule has 1 saturated carbocycles. The highest BCUT2D eigenvalue weighted by Crippen LogP contribution is 2.36. The molecule has 1 aromatic rings. The molecule has 0 aliphatic heterocycles. The van der Waals surface area contributed by atoms with Crippen molar-refractivity contribution in [2.24, 2.45) is 11.7 Å². The van der Waals surface area contributed by atoms with Crippen LogP contribution >= 0.6 is 0 Å². The second kappa shape index (κ2) is 5.75. The van der Waals surface area contributed by atoms with Gasteiger partial charge in [-0.3, -0.25) is 0 Å². The van der Waals surface area contributed by atoms with Crippen molar-refractivity contribution in [3.05, 3.63) is 29.8 Å². The maximum Gasteiger partial charge on any atom is 0.119 e. The summed E-state index contributed by atoms with van der Waals surface area (Å²) in [6, 6.07) is 8.33. The minimum atomic E-state index is -0.0145. The number of methoxy groups -OCH3 is 1. The monoisotopic (exact) mass is 247 g/mol. The molecule has 0 aromatic heterocycles. The minimum Gasteiger partial charge on any atom is -0.497 e. The second-order valence-electron chi connectivity index (χ2n) is 5.61. The molecule has 0 spiro atoms. The molecule has 1 fully saturated rings. The Balaban J connectivity index is 2.14. The summed E-state index contributed by atoms with van der Waals surface area (Å²) >= 11 is 0. The molecule has 0 radical (unpaired) electrons. The maximum absolute atomic E-state index is 6.70. The zero-order chi connectivity index (χ0) is 13.0. The van der Waals surface area contributed by atoms with Gasteiger partial charge in [-0.15, -0.1) is 0 Å². The molecule has 2 unspecified atom stereocenters. The lowest BCUT2D eigenvalue weighted by atomic mass is 9.69. The molecular formula is C16H25NO. The Kier molecular flexibility index (Phi) is 4.28. The lowest BCUT2D eigenvalue weighted by Gasteiger charge is -2.41. The predicted octanol–water partition coefficient (Wildman–Crippen LogP) is 3.54. The van der Waals surface area contributed by atoms with Gasteiger partial charge in [-0.1, -0.05) is 38.3 Å². The summed E-state index contributed by atoms with van der Waals surface area (Å²) in [5, 5.41) is 0. The van der Waals surface area contributed by atoms with E-state index < -0.39 is 0 Å². The van der Waals surface area contributed by atoms with E-state index in [4.69, 9.17) is 10.5 Å².